The molecule has 1 aliphatic carbocycles. The Hall–Kier alpha value is -2.90. The van der Waals surface area contributed by atoms with E-state index in [1.165, 1.54) is 18.7 Å². The van der Waals surface area contributed by atoms with Crippen LogP contribution in [0.2, 0.25) is 0 Å². The van der Waals surface area contributed by atoms with Crippen LogP contribution in [0.3, 0.4) is 0 Å². The maximum Gasteiger partial charge on any atom is 0.412 e. The zero-order valence-electron chi connectivity index (χ0n) is 16.3. The van der Waals surface area contributed by atoms with Crippen molar-refractivity contribution in [1.82, 2.24) is 9.88 Å². The lowest BCUT2D eigenvalue weighted by molar-refractivity contribution is -0.128. The molecule has 2 aromatic rings. The molecule has 1 saturated heterocycles. The van der Waals surface area contributed by atoms with Crippen LogP contribution in [0.15, 0.2) is 35.2 Å². The molecule has 0 unspecified atom stereocenters. The molecule has 1 spiro atoms. The summed E-state index contributed by atoms with van der Waals surface area (Å²) in [5, 5.41) is 2.51. The number of rotatable bonds is 5. The molecule has 1 N–H and O–H groups in total. The van der Waals surface area contributed by atoms with Crippen molar-refractivity contribution in [2.24, 2.45) is 11.3 Å². The third-order valence-electron chi connectivity index (χ3n) is 5.96. The number of amides is 2. The smallest absolute Gasteiger partial charge is 0.412 e. The summed E-state index contributed by atoms with van der Waals surface area (Å²) in [6, 6.07) is 4.70. The largest absolute Gasteiger partial charge is 0.445 e. The zero-order valence-corrected chi connectivity index (χ0v) is 16.3. The molecule has 7 nitrogen and oxygen atoms in total. The van der Waals surface area contributed by atoms with Crippen LogP contribution in [0.5, 0.6) is 0 Å². The molecule has 1 aliphatic heterocycles. The van der Waals surface area contributed by atoms with Gasteiger partial charge in [0.25, 0.3) is 0 Å². The summed E-state index contributed by atoms with van der Waals surface area (Å²) in [5.41, 5.74) is 1.22. The molecule has 154 valence electrons. The Kier molecular flexibility index (Phi) is 5.25. The van der Waals surface area contributed by atoms with Gasteiger partial charge in [0, 0.05) is 25.7 Å². The second-order valence-electron chi connectivity index (χ2n) is 8.14. The maximum absolute atomic E-state index is 14.5. The average molecular weight is 401 g/mol. The van der Waals surface area contributed by atoms with E-state index in [1.807, 2.05) is 4.90 Å². The summed E-state index contributed by atoms with van der Waals surface area (Å²) in [6.07, 6.45) is 5.80. The van der Waals surface area contributed by atoms with Gasteiger partial charge in [0.1, 0.15) is 5.82 Å². The Labute approximate surface area is 168 Å². The van der Waals surface area contributed by atoms with Crippen LogP contribution in [0, 0.1) is 17.2 Å². The molecule has 8 heteroatoms. The van der Waals surface area contributed by atoms with Gasteiger partial charge in [0.15, 0.2) is 18.8 Å². The molecule has 1 aromatic carbocycles. The van der Waals surface area contributed by atoms with E-state index in [2.05, 4.69) is 10.3 Å². The Bertz CT molecular complexity index is 893. The SMILES string of the molecule is CC(=O)N1CCC2(CC(Cc3ccc(NC(=O)OCc4cnco4)cc3F)C2)C1. The highest BCUT2D eigenvalue weighted by atomic mass is 19.1. The van der Waals surface area contributed by atoms with Crippen molar-refractivity contribution >= 4 is 17.7 Å². The fourth-order valence-corrected chi connectivity index (χ4v) is 4.55. The lowest BCUT2D eigenvalue weighted by atomic mass is 9.60. The Balaban J connectivity index is 1.26. The minimum atomic E-state index is -0.689. The first-order valence-electron chi connectivity index (χ1n) is 9.78. The minimum absolute atomic E-state index is 0.0448. The number of benzene rings is 1. The van der Waals surface area contributed by atoms with Gasteiger partial charge in [-0.3, -0.25) is 10.1 Å². The molecule has 2 fully saturated rings. The van der Waals surface area contributed by atoms with Crippen molar-refractivity contribution in [1.29, 1.82) is 0 Å². The summed E-state index contributed by atoms with van der Waals surface area (Å²) < 4.78 is 24.5. The molecule has 0 atom stereocenters. The topological polar surface area (TPSA) is 84.7 Å². The number of oxazole rings is 1. The van der Waals surface area contributed by atoms with E-state index in [1.54, 1.807) is 19.1 Å². The fourth-order valence-electron chi connectivity index (χ4n) is 4.55. The number of likely N-dealkylation sites (tertiary alicyclic amines) is 1. The van der Waals surface area contributed by atoms with Gasteiger partial charge in [-0.2, -0.15) is 0 Å². The number of hydrogen-bond acceptors (Lipinski definition) is 5. The second kappa shape index (κ2) is 7.85. The van der Waals surface area contributed by atoms with Crippen molar-refractivity contribution < 1.29 is 23.1 Å². The quantitative estimate of drug-likeness (QED) is 0.825. The molecule has 29 heavy (non-hydrogen) atoms. The van der Waals surface area contributed by atoms with Crippen LogP contribution in [-0.4, -0.2) is 35.0 Å². The maximum atomic E-state index is 14.5. The molecule has 1 aromatic heterocycles. The van der Waals surface area contributed by atoms with Gasteiger partial charge in [0.2, 0.25) is 5.91 Å². The van der Waals surface area contributed by atoms with Crippen molar-refractivity contribution in [3.63, 3.8) is 0 Å². The highest BCUT2D eigenvalue weighted by Crippen LogP contribution is 2.52. The summed E-state index contributed by atoms with van der Waals surface area (Å²) >= 11 is 0. The third-order valence-corrected chi connectivity index (χ3v) is 5.96. The number of ether oxygens (including phenoxy) is 1. The first-order chi connectivity index (χ1) is 13.9. The number of hydrogen-bond donors (Lipinski definition) is 1. The lowest BCUT2D eigenvalue weighted by Gasteiger charge is -2.45. The highest BCUT2D eigenvalue weighted by molar-refractivity contribution is 5.84. The van der Waals surface area contributed by atoms with Crippen molar-refractivity contribution in [3.8, 4) is 0 Å². The number of aromatic nitrogens is 1. The van der Waals surface area contributed by atoms with Gasteiger partial charge >= 0.3 is 6.09 Å². The molecule has 0 bridgehead atoms. The third kappa shape index (κ3) is 4.41. The summed E-state index contributed by atoms with van der Waals surface area (Å²) in [5.74, 6) is 0.658. The summed E-state index contributed by atoms with van der Waals surface area (Å²) in [6.45, 7) is 3.24. The van der Waals surface area contributed by atoms with Crippen LogP contribution in [-0.2, 0) is 22.6 Å². The number of halogens is 1. The molecule has 2 amide bonds. The van der Waals surface area contributed by atoms with E-state index >= 15 is 0 Å². The molecular formula is C21H24FN3O4. The second-order valence-corrected chi connectivity index (χ2v) is 8.14. The predicted octanol–water partition coefficient (Wildman–Crippen LogP) is 3.75. The van der Waals surface area contributed by atoms with E-state index in [-0.39, 0.29) is 23.7 Å². The number of carbonyl (C=O) groups is 2. The van der Waals surface area contributed by atoms with E-state index < -0.39 is 6.09 Å². The Morgan fingerprint density at radius 3 is 2.90 bits per heavy atom. The van der Waals surface area contributed by atoms with Crippen molar-refractivity contribution in [2.75, 3.05) is 18.4 Å². The first kappa shape index (κ1) is 19.4. The number of anilines is 1. The summed E-state index contributed by atoms with van der Waals surface area (Å²) in [7, 11) is 0. The molecular weight excluding hydrogens is 377 g/mol. The average Bonchev–Trinajstić information content (AvgIpc) is 3.31. The van der Waals surface area contributed by atoms with Gasteiger partial charge in [-0.1, -0.05) is 6.07 Å². The number of nitrogens with zero attached hydrogens (tertiary/aromatic N) is 2. The normalized spacial score (nSPS) is 23.1. The van der Waals surface area contributed by atoms with Gasteiger partial charge in [0.05, 0.1) is 6.20 Å². The van der Waals surface area contributed by atoms with Crippen LogP contribution in [0.1, 0.15) is 37.5 Å². The van der Waals surface area contributed by atoms with Crippen LogP contribution in [0.4, 0.5) is 14.9 Å². The molecule has 2 heterocycles. The summed E-state index contributed by atoms with van der Waals surface area (Å²) in [4.78, 5) is 29.0. The number of nitrogens with one attached hydrogen (secondary N) is 1. The molecule has 4 rings (SSSR count). The van der Waals surface area contributed by atoms with Crippen molar-refractivity contribution in [3.05, 3.63) is 47.9 Å². The van der Waals surface area contributed by atoms with Crippen LogP contribution >= 0.6 is 0 Å². The van der Waals surface area contributed by atoms with Gasteiger partial charge < -0.3 is 14.1 Å². The van der Waals surface area contributed by atoms with Gasteiger partial charge in [-0.05, 0) is 54.7 Å². The van der Waals surface area contributed by atoms with E-state index in [0.29, 0.717) is 29.3 Å². The minimum Gasteiger partial charge on any atom is -0.445 e. The van der Waals surface area contributed by atoms with Crippen molar-refractivity contribution in [2.45, 2.75) is 39.2 Å². The molecule has 2 aliphatic rings. The van der Waals surface area contributed by atoms with Gasteiger partial charge in [-0.15, -0.1) is 0 Å². The monoisotopic (exact) mass is 401 g/mol. The van der Waals surface area contributed by atoms with E-state index in [0.717, 1.165) is 32.4 Å². The highest BCUT2D eigenvalue weighted by Gasteiger charge is 2.48. The Morgan fingerprint density at radius 1 is 1.41 bits per heavy atom. The molecule has 1 saturated carbocycles. The first-order valence-corrected chi connectivity index (χ1v) is 9.78. The number of carbonyl (C=O) groups excluding carboxylic acids is 2. The standard InChI is InChI=1S/C21H24FN3O4/c1-14(26)25-5-4-21(12-25)8-15(9-21)6-16-2-3-17(7-19(16)22)24-20(27)28-11-18-10-23-13-29-18/h2-3,7,10,13,15H,4-6,8-9,11-12H2,1H3,(H,24,27). The van der Waals surface area contributed by atoms with E-state index in [4.69, 9.17) is 9.15 Å². The molecule has 0 radical (unpaired) electrons. The lowest BCUT2D eigenvalue weighted by Crippen LogP contribution is -2.41. The van der Waals surface area contributed by atoms with Crippen LogP contribution < -0.4 is 5.32 Å². The van der Waals surface area contributed by atoms with Crippen LogP contribution in [0.25, 0.3) is 0 Å². The predicted molar refractivity (Wildman–Crippen MR) is 102 cm³/mol. The fraction of sp³-hybridized carbons (Fsp3) is 0.476. The zero-order chi connectivity index (χ0) is 20.4. The van der Waals surface area contributed by atoms with E-state index in [9.17, 15) is 14.0 Å². The van der Waals surface area contributed by atoms with Gasteiger partial charge in [-0.25, -0.2) is 14.2 Å². The Morgan fingerprint density at radius 2 is 2.24 bits per heavy atom.